The van der Waals surface area contributed by atoms with Crippen molar-refractivity contribution in [2.75, 3.05) is 5.75 Å². The van der Waals surface area contributed by atoms with E-state index < -0.39 is 0 Å². The monoisotopic (exact) mass is 409 g/mol. The summed E-state index contributed by atoms with van der Waals surface area (Å²) in [6.07, 6.45) is 1.01. The lowest BCUT2D eigenvalue weighted by molar-refractivity contribution is 0.102. The number of aryl methyl sites for hydroxylation is 1. The predicted octanol–water partition coefficient (Wildman–Crippen LogP) is 5.19. The highest BCUT2D eigenvalue weighted by Crippen LogP contribution is 2.22. The van der Waals surface area contributed by atoms with Gasteiger partial charge in [-0.25, -0.2) is 0 Å². The molecule has 3 rings (SSSR count). The van der Waals surface area contributed by atoms with E-state index in [4.69, 9.17) is 4.74 Å². The largest absolute Gasteiger partial charge is 0.486 e. The molecule has 0 unspecified atom stereocenters. The number of nitrogens with zero attached hydrogens (tertiary/aromatic N) is 3. The minimum Gasteiger partial charge on any atom is -0.486 e. The second-order valence-corrected chi connectivity index (χ2v) is 8.30. The van der Waals surface area contributed by atoms with Crippen molar-refractivity contribution in [1.82, 2.24) is 14.8 Å². The number of para-hydroxylation sites is 1. The average Bonchev–Trinajstić information content (AvgIpc) is 3.11. The van der Waals surface area contributed by atoms with Crippen LogP contribution in [0.2, 0.25) is 0 Å². The van der Waals surface area contributed by atoms with Crippen LogP contribution in [0.1, 0.15) is 42.0 Å². The van der Waals surface area contributed by atoms with Gasteiger partial charge in [-0.15, -0.1) is 10.2 Å². The highest BCUT2D eigenvalue weighted by atomic mass is 32.2. The summed E-state index contributed by atoms with van der Waals surface area (Å²) in [7, 11) is 0. The Morgan fingerprint density at radius 2 is 1.79 bits per heavy atom. The van der Waals surface area contributed by atoms with Crippen LogP contribution in [0.4, 0.5) is 0 Å². The molecule has 5 nitrogen and oxygen atoms in total. The van der Waals surface area contributed by atoms with Crippen LogP contribution in [0.25, 0.3) is 0 Å². The van der Waals surface area contributed by atoms with Crippen LogP contribution in [-0.2, 0) is 13.2 Å². The van der Waals surface area contributed by atoms with Crippen molar-refractivity contribution in [3.63, 3.8) is 0 Å². The molecule has 1 aromatic heterocycles. The summed E-state index contributed by atoms with van der Waals surface area (Å²) in [5.41, 5.74) is 1.76. The molecule has 0 saturated heterocycles. The minimum absolute atomic E-state index is 0.105. The fraction of sp³-hybridized carbons (Fsp3) is 0.348. The Hall–Kier alpha value is -2.60. The number of ketones is 1. The van der Waals surface area contributed by atoms with Gasteiger partial charge in [-0.05, 0) is 37.0 Å². The molecule has 0 aliphatic carbocycles. The van der Waals surface area contributed by atoms with Crippen molar-refractivity contribution in [2.45, 2.75) is 45.5 Å². The molecule has 0 fully saturated rings. The molecular weight excluding hydrogens is 382 g/mol. The number of aromatic nitrogens is 3. The zero-order valence-corrected chi connectivity index (χ0v) is 18.0. The van der Waals surface area contributed by atoms with Gasteiger partial charge in [0.15, 0.2) is 16.8 Å². The van der Waals surface area contributed by atoms with Crippen molar-refractivity contribution in [3.8, 4) is 5.75 Å². The van der Waals surface area contributed by atoms with Crippen LogP contribution in [0.5, 0.6) is 5.75 Å². The molecule has 0 aliphatic heterocycles. The third kappa shape index (κ3) is 5.94. The van der Waals surface area contributed by atoms with Gasteiger partial charge < -0.3 is 9.30 Å². The van der Waals surface area contributed by atoms with Crippen molar-refractivity contribution in [3.05, 3.63) is 71.5 Å². The Kier molecular flexibility index (Phi) is 7.47. The molecule has 2 aromatic carbocycles. The molecule has 0 aliphatic rings. The number of benzene rings is 2. The number of hydrogen-bond acceptors (Lipinski definition) is 5. The molecule has 6 heteroatoms. The molecule has 0 spiro atoms. The molecule has 0 N–H and O–H groups in total. The van der Waals surface area contributed by atoms with Crippen LogP contribution < -0.4 is 4.74 Å². The fourth-order valence-electron chi connectivity index (χ4n) is 2.90. The maximum atomic E-state index is 12.6. The highest BCUT2D eigenvalue weighted by molar-refractivity contribution is 7.99. The molecule has 3 aromatic rings. The Morgan fingerprint density at radius 1 is 1.07 bits per heavy atom. The first kappa shape index (κ1) is 21.1. The summed E-state index contributed by atoms with van der Waals surface area (Å²) in [5, 5.41) is 9.43. The molecular formula is C23H27N3O2S. The van der Waals surface area contributed by atoms with Gasteiger partial charge >= 0.3 is 0 Å². The lowest BCUT2D eigenvalue weighted by Crippen LogP contribution is -2.11. The van der Waals surface area contributed by atoms with Crippen LogP contribution in [0.3, 0.4) is 0 Å². The van der Waals surface area contributed by atoms with E-state index >= 15 is 0 Å². The summed E-state index contributed by atoms with van der Waals surface area (Å²) in [4.78, 5) is 12.6. The van der Waals surface area contributed by atoms with E-state index in [2.05, 4.69) is 28.6 Å². The summed E-state index contributed by atoms with van der Waals surface area (Å²) < 4.78 is 7.95. The van der Waals surface area contributed by atoms with Gasteiger partial charge in [0.25, 0.3) is 0 Å². The van der Waals surface area contributed by atoms with Gasteiger partial charge in [0.05, 0.1) is 5.75 Å². The quantitative estimate of drug-likeness (QED) is 0.341. The third-order valence-corrected chi connectivity index (χ3v) is 5.58. The molecule has 0 bridgehead atoms. The standard InChI is InChI=1S/C23H27N3O2S/c1-17(2)13-14-26-22(15-28-19-10-5-4-6-11-19)24-25-23(26)29-16-21(27)20-12-8-7-9-18(20)3/h4-12,17H,13-16H2,1-3H3. The lowest BCUT2D eigenvalue weighted by atomic mass is 10.1. The van der Waals surface area contributed by atoms with Gasteiger partial charge in [-0.1, -0.05) is 68.1 Å². The van der Waals surface area contributed by atoms with Gasteiger partial charge in [-0.2, -0.15) is 0 Å². The Labute approximate surface area is 176 Å². The Morgan fingerprint density at radius 3 is 2.52 bits per heavy atom. The zero-order chi connectivity index (χ0) is 20.6. The van der Waals surface area contributed by atoms with Crippen molar-refractivity contribution in [2.24, 2.45) is 5.92 Å². The van der Waals surface area contributed by atoms with E-state index in [-0.39, 0.29) is 5.78 Å². The number of carbonyl (C=O) groups is 1. The predicted molar refractivity (Wildman–Crippen MR) is 116 cm³/mol. The fourth-order valence-corrected chi connectivity index (χ4v) is 3.77. The Balaban J connectivity index is 1.70. The topological polar surface area (TPSA) is 57.0 Å². The number of carbonyl (C=O) groups excluding carboxylic acids is 1. The van der Waals surface area contributed by atoms with Gasteiger partial charge in [0, 0.05) is 12.1 Å². The highest BCUT2D eigenvalue weighted by Gasteiger charge is 2.16. The number of thioether (sulfide) groups is 1. The SMILES string of the molecule is Cc1ccccc1C(=O)CSc1nnc(COc2ccccc2)n1CCC(C)C. The van der Waals surface area contributed by atoms with Crippen LogP contribution in [-0.4, -0.2) is 26.3 Å². The molecule has 0 radical (unpaired) electrons. The summed E-state index contributed by atoms with van der Waals surface area (Å²) in [5.74, 6) is 2.58. The number of Topliss-reactive ketones (excluding diaryl/α,β-unsaturated/α-hetero) is 1. The van der Waals surface area contributed by atoms with Crippen LogP contribution in [0, 0.1) is 12.8 Å². The first-order valence-electron chi connectivity index (χ1n) is 9.86. The molecule has 0 amide bonds. The van der Waals surface area contributed by atoms with Crippen LogP contribution in [0.15, 0.2) is 59.8 Å². The average molecular weight is 410 g/mol. The van der Waals surface area contributed by atoms with E-state index in [1.54, 1.807) is 0 Å². The second kappa shape index (κ2) is 10.3. The van der Waals surface area contributed by atoms with E-state index in [0.717, 1.165) is 40.8 Å². The second-order valence-electron chi connectivity index (χ2n) is 7.36. The number of ether oxygens (including phenoxy) is 1. The third-order valence-electron chi connectivity index (χ3n) is 4.61. The first-order chi connectivity index (χ1) is 14.0. The maximum absolute atomic E-state index is 12.6. The first-order valence-corrected chi connectivity index (χ1v) is 10.8. The van der Waals surface area contributed by atoms with Crippen molar-refractivity contribution >= 4 is 17.5 Å². The van der Waals surface area contributed by atoms with Crippen molar-refractivity contribution < 1.29 is 9.53 Å². The maximum Gasteiger partial charge on any atom is 0.191 e. The number of rotatable bonds is 10. The molecule has 29 heavy (non-hydrogen) atoms. The van der Waals surface area contributed by atoms with E-state index in [0.29, 0.717) is 18.3 Å². The van der Waals surface area contributed by atoms with Gasteiger partial charge in [-0.3, -0.25) is 4.79 Å². The van der Waals surface area contributed by atoms with Crippen molar-refractivity contribution in [1.29, 1.82) is 0 Å². The van der Waals surface area contributed by atoms with Gasteiger partial charge in [0.2, 0.25) is 0 Å². The van der Waals surface area contributed by atoms with E-state index in [1.165, 1.54) is 11.8 Å². The normalized spacial score (nSPS) is 11.0. The summed E-state index contributed by atoms with van der Waals surface area (Å²) in [6, 6.07) is 17.4. The molecule has 0 atom stereocenters. The number of hydrogen-bond donors (Lipinski definition) is 0. The van der Waals surface area contributed by atoms with Gasteiger partial charge in [0.1, 0.15) is 12.4 Å². The summed E-state index contributed by atoms with van der Waals surface area (Å²) >= 11 is 1.44. The summed E-state index contributed by atoms with van der Waals surface area (Å²) in [6.45, 7) is 7.50. The molecule has 0 saturated carbocycles. The smallest absolute Gasteiger partial charge is 0.191 e. The van der Waals surface area contributed by atoms with Crippen LogP contribution >= 0.6 is 11.8 Å². The minimum atomic E-state index is 0.105. The zero-order valence-electron chi connectivity index (χ0n) is 17.2. The lowest BCUT2D eigenvalue weighted by Gasteiger charge is -2.12. The molecule has 152 valence electrons. The van der Waals surface area contributed by atoms with E-state index in [9.17, 15) is 4.79 Å². The Bertz CT molecular complexity index is 938. The van der Waals surface area contributed by atoms with E-state index in [1.807, 2.05) is 61.5 Å². The molecule has 1 heterocycles.